The van der Waals surface area contributed by atoms with Crippen LogP contribution in [0, 0.1) is 5.92 Å². The van der Waals surface area contributed by atoms with Crippen LogP contribution in [0.25, 0.3) is 0 Å². The molecule has 198 valence electrons. The Labute approximate surface area is 202 Å². The van der Waals surface area contributed by atoms with Crippen LogP contribution in [0.1, 0.15) is 53.4 Å². The molecule has 0 aliphatic rings. The molecule has 0 aromatic heterocycles. The maximum absolute atomic E-state index is 12.9. The molecule has 0 fully saturated rings. The molecule has 0 bridgehead atoms. The Bertz CT molecular complexity index is 801. The molecule has 0 aliphatic carbocycles. The van der Waals surface area contributed by atoms with Crippen LogP contribution in [0.3, 0.4) is 0 Å². The largest absolute Gasteiger partial charge is 0.481 e. The number of carboxylic acids is 2. The predicted molar refractivity (Wildman–Crippen MR) is 120 cm³/mol. The van der Waals surface area contributed by atoms with Crippen molar-refractivity contribution >= 4 is 41.9 Å². The molecule has 6 atom stereocenters. The topological polar surface area (TPSA) is 228 Å². The Balaban J connectivity index is 5.69. The van der Waals surface area contributed by atoms with Gasteiger partial charge in [-0.1, -0.05) is 20.3 Å². The number of amides is 4. The third kappa shape index (κ3) is 11.9. The zero-order chi connectivity index (χ0) is 27.3. The van der Waals surface area contributed by atoms with Gasteiger partial charge in [0.2, 0.25) is 23.6 Å². The van der Waals surface area contributed by atoms with E-state index in [0.717, 1.165) is 6.92 Å². The summed E-state index contributed by atoms with van der Waals surface area (Å²) < 4.78 is 0. The van der Waals surface area contributed by atoms with Gasteiger partial charge < -0.3 is 41.4 Å². The highest BCUT2D eigenvalue weighted by Gasteiger charge is 2.33. The third-order valence-corrected chi connectivity index (χ3v) is 5.08. The molecular weight excluding hydrogens is 468 g/mol. The minimum Gasteiger partial charge on any atom is -0.481 e. The van der Waals surface area contributed by atoms with E-state index < -0.39 is 78.7 Å². The fourth-order valence-electron chi connectivity index (χ4n) is 2.97. The van der Waals surface area contributed by atoms with Gasteiger partial charge in [-0.15, -0.1) is 0 Å². The molecule has 0 heterocycles. The first kappa shape index (κ1) is 31.4. The Morgan fingerprint density at radius 1 is 0.829 bits per heavy atom. The van der Waals surface area contributed by atoms with Crippen molar-refractivity contribution in [2.45, 2.75) is 83.6 Å². The lowest BCUT2D eigenvalue weighted by atomic mass is 9.97. The highest BCUT2D eigenvalue weighted by molar-refractivity contribution is 5.95. The van der Waals surface area contributed by atoms with Crippen molar-refractivity contribution in [3.05, 3.63) is 0 Å². The molecule has 0 aromatic rings. The first-order valence-electron chi connectivity index (χ1n) is 11.0. The minimum atomic E-state index is -1.65. The number of aliphatic carboxylic acids is 2. The molecule has 0 spiro atoms. The summed E-state index contributed by atoms with van der Waals surface area (Å²) in [5, 5.41) is 36.9. The van der Waals surface area contributed by atoms with Gasteiger partial charge in [0.1, 0.15) is 24.4 Å². The van der Waals surface area contributed by atoms with Gasteiger partial charge in [-0.3, -0.25) is 28.8 Å². The van der Waals surface area contributed by atoms with Crippen molar-refractivity contribution in [3.8, 4) is 0 Å². The summed E-state index contributed by atoms with van der Waals surface area (Å²) in [5.74, 6) is -6.27. The van der Waals surface area contributed by atoms with Crippen LogP contribution in [0.2, 0.25) is 0 Å². The third-order valence-electron chi connectivity index (χ3n) is 5.08. The molecule has 0 saturated heterocycles. The van der Waals surface area contributed by atoms with Crippen LogP contribution in [0.4, 0.5) is 0 Å². The molecule has 4 amide bonds. The lowest BCUT2D eigenvalue weighted by Crippen LogP contribution is -2.60. The smallest absolute Gasteiger partial charge is 0.305 e. The maximum atomic E-state index is 12.9. The summed E-state index contributed by atoms with van der Waals surface area (Å²) in [4.78, 5) is 82.5. The molecule has 7 N–H and O–H groups in total. The number of aliphatic hydroxyl groups is 1. The Kier molecular flexibility index (Phi) is 13.8. The fraction of sp³-hybridized carbons (Fsp3) is 0.667. The molecular formula is C21H34N4O10. The number of hydrogen-bond donors (Lipinski definition) is 7. The molecule has 0 aliphatic heterocycles. The number of rotatable bonds is 16. The molecule has 14 heteroatoms. The van der Waals surface area contributed by atoms with Crippen molar-refractivity contribution in [2.24, 2.45) is 5.92 Å². The summed E-state index contributed by atoms with van der Waals surface area (Å²) in [5.41, 5.74) is 0. The van der Waals surface area contributed by atoms with Gasteiger partial charge in [0, 0.05) is 13.3 Å². The molecule has 0 aromatic carbocycles. The van der Waals surface area contributed by atoms with E-state index in [1.165, 1.54) is 6.92 Å². The highest BCUT2D eigenvalue weighted by Crippen LogP contribution is 2.10. The van der Waals surface area contributed by atoms with Gasteiger partial charge in [0.25, 0.3) is 0 Å². The molecule has 0 unspecified atom stereocenters. The summed E-state index contributed by atoms with van der Waals surface area (Å²) in [7, 11) is 0. The fourth-order valence-corrected chi connectivity index (χ4v) is 2.97. The van der Waals surface area contributed by atoms with Crippen LogP contribution in [0.15, 0.2) is 0 Å². The zero-order valence-corrected chi connectivity index (χ0v) is 20.1. The van der Waals surface area contributed by atoms with Crippen LogP contribution < -0.4 is 21.3 Å². The number of aliphatic hydroxyl groups excluding tert-OH is 1. The quantitative estimate of drug-likeness (QED) is 0.114. The second-order valence-electron chi connectivity index (χ2n) is 8.13. The van der Waals surface area contributed by atoms with Crippen molar-refractivity contribution < 1.29 is 48.9 Å². The van der Waals surface area contributed by atoms with Crippen LogP contribution >= 0.6 is 0 Å². The second kappa shape index (κ2) is 15.4. The number of nitrogens with one attached hydrogen (secondary N) is 4. The average Bonchev–Trinajstić information content (AvgIpc) is 2.76. The Morgan fingerprint density at radius 2 is 1.40 bits per heavy atom. The van der Waals surface area contributed by atoms with Gasteiger partial charge >= 0.3 is 11.9 Å². The van der Waals surface area contributed by atoms with Crippen molar-refractivity contribution in [3.63, 3.8) is 0 Å². The van der Waals surface area contributed by atoms with Crippen LogP contribution in [-0.4, -0.2) is 87.4 Å². The lowest BCUT2D eigenvalue weighted by Gasteiger charge is -2.28. The van der Waals surface area contributed by atoms with Crippen LogP contribution in [-0.2, 0) is 33.6 Å². The number of carbonyl (C=O) groups is 7. The van der Waals surface area contributed by atoms with E-state index in [1.54, 1.807) is 13.8 Å². The monoisotopic (exact) mass is 502 g/mol. The first-order chi connectivity index (χ1) is 16.2. The Morgan fingerprint density at radius 3 is 1.83 bits per heavy atom. The number of hydrogen-bond acceptors (Lipinski definition) is 8. The van der Waals surface area contributed by atoms with Crippen LogP contribution in [0.5, 0.6) is 0 Å². The predicted octanol–water partition coefficient (Wildman–Crippen LogP) is -2.09. The molecule has 0 saturated carbocycles. The summed E-state index contributed by atoms with van der Waals surface area (Å²) in [6.07, 6.45) is -2.44. The first-order valence-corrected chi connectivity index (χ1v) is 11.0. The van der Waals surface area contributed by atoms with E-state index in [2.05, 4.69) is 21.3 Å². The maximum Gasteiger partial charge on any atom is 0.305 e. The number of aldehydes is 1. The van der Waals surface area contributed by atoms with E-state index in [9.17, 15) is 38.7 Å². The summed E-state index contributed by atoms with van der Waals surface area (Å²) in [6, 6.07) is -5.54. The van der Waals surface area contributed by atoms with E-state index >= 15 is 0 Å². The molecule has 14 nitrogen and oxygen atoms in total. The minimum absolute atomic E-state index is 0.180. The lowest BCUT2D eigenvalue weighted by molar-refractivity contribution is -0.140. The summed E-state index contributed by atoms with van der Waals surface area (Å²) in [6.45, 7) is 5.84. The second-order valence-corrected chi connectivity index (χ2v) is 8.13. The molecule has 0 radical (unpaired) electrons. The average molecular weight is 503 g/mol. The van der Waals surface area contributed by atoms with E-state index in [0.29, 0.717) is 6.42 Å². The molecule has 0 rings (SSSR count). The van der Waals surface area contributed by atoms with E-state index in [4.69, 9.17) is 10.2 Å². The van der Waals surface area contributed by atoms with Crippen molar-refractivity contribution in [1.29, 1.82) is 0 Å². The van der Waals surface area contributed by atoms with Gasteiger partial charge in [0.15, 0.2) is 0 Å². The van der Waals surface area contributed by atoms with Gasteiger partial charge in [-0.05, 0) is 19.3 Å². The number of carboxylic acid groups (broad SMARTS) is 2. The standard InChI is InChI=1S/C21H34N4O10/c1-5-10(2)17(22-12(4)28)20(34)24-14(6-7-15(29)30)19(33)25-18(11(3)27)21(35)23-13(9-26)8-16(31)32/h9-11,13-14,17-18,27H,5-8H2,1-4H3,(H,22,28)(H,23,35)(H,24,34)(H,25,33)(H,29,30)(H,31,32)/t10-,11+,13-,14-,17-,18-/m0/s1. The SMILES string of the molecule is CC[C@H](C)[C@H](NC(C)=O)C(=O)N[C@@H](CCC(=O)O)C(=O)N[C@H](C(=O)N[C@H](C=O)CC(=O)O)[C@@H](C)O. The summed E-state index contributed by atoms with van der Waals surface area (Å²) >= 11 is 0. The van der Waals surface area contributed by atoms with Gasteiger partial charge in [-0.25, -0.2) is 0 Å². The van der Waals surface area contributed by atoms with Gasteiger partial charge in [0.05, 0.1) is 18.6 Å². The highest BCUT2D eigenvalue weighted by atomic mass is 16.4. The van der Waals surface area contributed by atoms with Gasteiger partial charge in [-0.2, -0.15) is 0 Å². The number of carbonyl (C=O) groups excluding carboxylic acids is 5. The Hall–Kier alpha value is -3.55. The normalized spacial score (nSPS) is 15.8. The van der Waals surface area contributed by atoms with Crippen molar-refractivity contribution in [1.82, 2.24) is 21.3 Å². The van der Waals surface area contributed by atoms with E-state index in [-0.39, 0.29) is 18.6 Å². The zero-order valence-electron chi connectivity index (χ0n) is 20.1. The van der Waals surface area contributed by atoms with E-state index in [1.807, 2.05) is 0 Å². The van der Waals surface area contributed by atoms with Crippen molar-refractivity contribution in [2.75, 3.05) is 0 Å². The molecule has 35 heavy (non-hydrogen) atoms.